The van der Waals surface area contributed by atoms with E-state index in [0.717, 1.165) is 0 Å². The summed E-state index contributed by atoms with van der Waals surface area (Å²) in [5.74, 6) is -1.35. The highest BCUT2D eigenvalue weighted by molar-refractivity contribution is 5.98. The SMILES string of the molecule is C=CC(N)(N)c1cc(C(N)=O)ccc1C(N)=O. The molecule has 2 amide bonds. The van der Waals surface area contributed by atoms with Crippen molar-refractivity contribution in [2.24, 2.45) is 22.9 Å². The number of benzene rings is 1. The molecule has 90 valence electrons. The minimum atomic E-state index is -1.46. The molecule has 0 fully saturated rings. The summed E-state index contributed by atoms with van der Waals surface area (Å²) in [5.41, 5.74) is 20.9. The van der Waals surface area contributed by atoms with Crippen molar-refractivity contribution in [2.75, 3.05) is 0 Å². The van der Waals surface area contributed by atoms with Gasteiger partial charge in [-0.25, -0.2) is 0 Å². The molecule has 1 aromatic carbocycles. The zero-order chi connectivity index (χ0) is 13.2. The van der Waals surface area contributed by atoms with Crippen molar-refractivity contribution >= 4 is 11.8 Å². The third-order valence-corrected chi connectivity index (χ3v) is 2.37. The molecule has 6 heteroatoms. The van der Waals surface area contributed by atoms with Gasteiger partial charge >= 0.3 is 0 Å². The molecule has 0 aliphatic carbocycles. The quantitative estimate of drug-likeness (QED) is 0.397. The Morgan fingerprint density at radius 1 is 1.18 bits per heavy atom. The van der Waals surface area contributed by atoms with Crippen molar-refractivity contribution < 1.29 is 9.59 Å². The lowest BCUT2D eigenvalue weighted by atomic mass is 9.93. The van der Waals surface area contributed by atoms with E-state index in [9.17, 15) is 9.59 Å². The number of rotatable bonds is 4. The standard InChI is InChI=1S/C11H14N4O2/c1-2-11(14,15)8-5-6(9(12)16)3-4-7(8)10(13)17/h2-5H,1,14-15H2,(H2,12,16)(H2,13,17). The molecule has 0 aliphatic heterocycles. The number of hydrogen-bond donors (Lipinski definition) is 4. The van der Waals surface area contributed by atoms with Crippen LogP contribution in [0.15, 0.2) is 30.9 Å². The van der Waals surface area contributed by atoms with Crippen LogP contribution in [-0.4, -0.2) is 11.8 Å². The zero-order valence-corrected chi connectivity index (χ0v) is 9.14. The Bertz CT molecular complexity index is 494. The molecule has 0 bridgehead atoms. The smallest absolute Gasteiger partial charge is 0.249 e. The monoisotopic (exact) mass is 234 g/mol. The normalized spacial score (nSPS) is 10.9. The molecule has 8 N–H and O–H groups in total. The maximum Gasteiger partial charge on any atom is 0.249 e. The van der Waals surface area contributed by atoms with Crippen LogP contribution < -0.4 is 22.9 Å². The summed E-state index contributed by atoms with van der Waals surface area (Å²) in [5, 5.41) is 0. The van der Waals surface area contributed by atoms with Crippen LogP contribution in [-0.2, 0) is 5.66 Å². The van der Waals surface area contributed by atoms with Gasteiger partial charge in [0, 0.05) is 16.7 Å². The number of hydrogen-bond acceptors (Lipinski definition) is 4. The van der Waals surface area contributed by atoms with Crippen LogP contribution in [0, 0.1) is 0 Å². The molecular formula is C11H14N4O2. The highest BCUT2D eigenvalue weighted by Gasteiger charge is 2.24. The molecule has 0 saturated heterocycles. The van der Waals surface area contributed by atoms with Gasteiger partial charge in [0.2, 0.25) is 11.8 Å². The van der Waals surface area contributed by atoms with Crippen LogP contribution in [0.2, 0.25) is 0 Å². The molecule has 0 aromatic heterocycles. The fourth-order valence-corrected chi connectivity index (χ4v) is 1.38. The van der Waals surface area contributed by atoms with E-state index in [-0.39, 0.29) is 16.7 Å². The lowest BCUT2D eigenvalue weighted by Gasteiger charge is -2.23. The van der Waals surface area contributed by atoms with Crippen molar-refractivity contribution in [1.82, 2.24) is 0 Å². The van der Waals surface area contributed by atoms with E-state index in [0.29, 0.717) is 0 Å². The first-order valence-electron chi connectivity index (χ1n) is 4.75. The van der Waals surface area contributed by atoms with Crippen LogP contribution in [0.1, 0.15) is 26.3 Å². The second-order valence-electron chi connectivity index (χ2n) is 3.63. The molecule has 0 atom stereocenters. The number of carbonyl (C=O) groups is 2. The second kappa shape index (κ2) is 4.36. The van der Waals surface area contributed by atoms with Crippen LogP contribution in [0.3, 0.4) is 0 Å². The van der Waals surface area contributed by atoms with Gasteiger partial charge in [0.1, 0.15) is 5.66 Å². The minimum Gasteiger partial charge on any atom is -0.366 e. The molecule has 0 spiro atoms. The first-order valence-corrected chi connectivity index (χ1v) is 4.75. The van der Waals surface area contributed by atoms with Gasteiger partial charge in [0.25, 0.3) is 0 Å². The third-order valence-electron chi connectivity index (χ3n) is 2.37. The fourth-order valence-electron chi connectivity index (χ4n) is 1.38. The Hall–Kier alpha value is -2.18. The largest absolute Gasteiger partial charge is 0.366 e. The van der Waals surface area contributed by atoms with Gasteiger partial charge in [0.05, 0.1) is 0 Å². The Kier molecular flexibility index (Phi) is 3.31. The third kappa shape index (κ3) is 2.49. The van der Waals surface area contributed by atoms with Gasteiger partial charge in [-0.3, -0.25) is 9.59 Å². The number of primary amides is 2. The molecule has 1 aromatic rings. The Balaban J connectivity index is 3.51. The van der Waals surface area contributed by atoms with E-state index in [1.54, 1.807) is 0 Å². The van der Waals surface area contributed by atoms with E-state index in [2.05, 4.69) is 6.58 Å². The number of carbonyl (C=O) groups excluding carboxylic acids is 2. The summed E-state index contributed by atoms with van der Waals surface area (Å²) < 4.78 is 0. The molecule has 6 nitrogen and oxygen atoms in total. The fraction of sp³-hybridized carbons (Fsp3) is 0.0909. The highest BCUT2D eigenvalue weighted by Crippen LogP contribution is 2.20. The summed E-state index contributed by atoms with van der Waals surface area (Å²) in [7, 11) is 0. The van der Waals surface area contributed by atoms with Crippen molar-refractivity contribution in [3.8, 4) is 0 Å². The van der Waals surface area contributed by atoms with Crippen LogP contribution >= 0.6 is 0 Å². The van der Waals surface area contributed by atoms with E-state index >= 15 is 0 Å². The summed E-state index contributed by atoms with van der Waals surface area (Å²) in [6, 6.07) is 4.07. The topological polar surface area (TPSA) is 138 Å². The molecule has 17 heavy (non-hydrogen) atoms. The second-order valence-corrected chi connectivity index (χ2v) is 3.63. The van der Waals surface area contributed by atoms with Gasteiger partial charge in [-0.05, 0) is 18.2 Å². The maximum atomic E-state index is 11.2. The average Bonchev–Trinajstić information content (AvgIpc) is 2.28. The lowest BCUT2D eigenvalue weighted by molar-refractivity contribution is 0.0986. The van der Waals surface area contributed by atoms with Gasteiger partial charge in [0.15, 0.2) is 0 Å². The van der Waals surface area contributed by atoms with Crippen LogP contribution in [0.4, 0.5) is 0 Å². The van der Waals surface area contributed by atoms with Crippen molar-refractivity contribution in [2.45, 2.75) is 5.66 Å². The van der Waals surface area contributed by atoms with E-state index in [4.69, 9.17) is 22.9 Å². The maximum absolute atomic E-state index is 11.2. The molecule has 0 saturated carbocycles. The minimum absolute atomic E-state index is 0.125. The summed E-state index contributed by atoms with van der Waals surface area (Å²) in [4.78, 5) is 22.3. The lowest BCUT2D eigenvalue weighted by Crippen LogP contribution is -2.45. The van der Waals surface area contributed by atoms with Crippen LogP contribution in [0.5, 0.6) is 0 Å². The van der Waals surface area contributed by atoms with Gasteiger partial charge < -0.3 is 22.9 Å². The first-order chi connectivity index (χ1) is 7.79. The zero-order valence-electron chi connectivity index (χ0n) is 9.14. The Morgan fingerprint density at radius 2 is 1.76 bits per heavy atom. The van der Waals surface area contributed by atoms with Crippen molar-refractivity contribution in [1.29, 1.82) is 0 Å². The van der Waals surface area contributed by atoms with Crippen LogP contribution in [0.25, 0.3) is 0 Å². The summed E-state index contributed by atoms with van der Waals surface area (Å²) in [6.45, 7) is 3.47. The van der Waals surface area contributed by atoms with E-state index in [1.807, 2.05) is 0 Å². The average molecular weight is 234 g/mol. The highest BCUT2D eigenvalue weighted by atomic mass is 16.1. The molecule has 1 rings (SSSR count). The Labute approximate surface area is 98.2 Å². The van der Waals surface area contributed by atoms with Gasteiger partial charge in [-0.15, -0.1) is 0 Å². The predicted molar refractivity (Wildman–Crippen MR) is 63.7 cm³/mol. The predicted octanol–water partition coefficient (Wildman–Crippen LogP) is -0.859. The molecular weight excluding hydrogens is 220 g/mol. The van der Waals surface area contributed by atoms with Gasteiger partial charge in [-0.2, -0.15) is 0 Å². The Morgan fingerprint density at radius 3 is 2.18 bits per heavy atom. The number of nitrogens with two attached hydrogens (primary N) is 4. The molecule has 0 unspecified atom stereocenters. The van der Waals surface area contributed by atoms with Crippen molar-refractivity contribution in [3.63, 3.8) is 0 Å². The molecule has 0 aliphatic rings. The van der Waals surface area contributed by atoms with E-state index < -0.39 is 17.5 Å². The first kappa shape index (κ1) is 12.9. The number of amides is 2. The summed E-state index contributed by atoms with van der Waals surface area (Å²) >= 11 is 0. The molecule has 0 heterocycles. The summed E-state index contributed by atoms with van der Waals surface area (Å²) in [6.07, 6.45) is 1.25. The van der Waals surface area contributed by atoms with Gasteiger partial charge in [-0.1, -0.05) is 12.7 Å². The van der Waals surface area contributed by atoms with Crippen molar-refractivity contribution in [3.05, 3.63) is 47.5 Å². The molecule has 0 radical (unpaired) electrons. The van der Waals surface area contributed by atoms with E-state index in [1.165, 1.54) is 24.3 Å².